The molecule has 1 fully saturated rings. The van der Waals surface area contributed by atoms with Gasteiger partial charge in [-0.15, -0.1) is 0 Å². The normalized spacial score (nSPS) is 18.4. The van der Waals surface area contributed by atoms with Crippen LogP contribution >= 0.6 is 0 Å². The van der Waals surface area contributed by atoms with Crippen molar-refractivity contribution in [1.82, 2.24) is 9.80 Å². The van der Waals surface area contributed by atoms with Gasteiger partial charge in [0.05, 0.1) is 22.7 Å². The van der Waals surface area contributed by atoms with E-state index in [9.17, 15) is 27.2 Å². The zero-order valence-corrected chi connectivity index (χ0v) is 16.3. The Kier molecular flexibility index (Phi) is 6.08. The summed E-state index contributed by atoms with van der Waals surface area (Å²) in [5.74, 6) is -2.21. The molecule has 0 unspecified atom stereocenters. The van der Waals surface area contributed by atoms with Crippen LogP contribution in [0.25, 0.3) is 0 Å². The molecule has 156 valence electrons. The summed E-state index contributed by atoms with van der Waals surface area (Å²) < 4.78 is 52.3. The van der Waals surface area contributed by atoms with E-state index in [0.29, 0.717) is 12.1 Å². The fourth-order valence-corrected chi connectivity index (χ4v) is 3.23. The van der Waals surface area contributed by atoms with Gasteiger partial charge in [-0.2, -0.15) is 13.2 Å². The summed E-state index contributed by atoms with van der Waals surface area (Å²) in [6.45, 7) is 7.64. The first-order chi connectivity index (χ1) is 12.8. The van der Waals surface area contributed by atoms with Crippen LogP contribution in [0.15, 0.2) is 18.2 Å². The van der Waals surface area contributed by atoms with Gasteiger partial charge in [0.25, 0.3) is 5.91 Å². The Bertz CT molecular complexity index is 762. The van der Waals surface area contributed by atoms with E-state index in [2.05, 4.69) is 0 Å². The van der Waals surface area contributed by atoms with Gasteiger partial charge in [0.2, 0.25) is 5.91 Å². The Morgan fingerprint density at radius 1 is 1.18 bits per heavy atom. The molecule has 2 amide bonds. The first-order valence-corrected chi connectivity index (χ1v) is 8.99. The molecule has 0 aliphatic carbocycles. The molecule has 1 saturated heterocycles. The van der Waals surface area contributed by atoms with E-state index in [-0.39, 0.29) is 31.5 Å². The molecule has 0 bridgehead atoms. The van der Waals surface area contributed by atoms with Gasteiger partial charge < -0.3 is 15.5 Å². The van der Waals surface area contributed by atoms with Crippen molar-refractivity contribution in [3.63, 3.8) is 0 Å². The highest BCUT2D eigenvalue weighted by atomic mass is 19.4. The van der Waals surface area contributed by atoms with E-state index in [4.69, 9.17) is 5.73 Å². The van der Waals surface area contributed by atoms with Crippen LogP contribution in [0.2, 0.25) is 0 Å². The lowest BCUT2D eigenvalue weighted by atomic mass is 9.95. The third-order valence-corrected chi connectivity index (χ3v) is 4.99. The molecule has 2 N–H and O–H groups in total. The molecule has 1 aromatic carbocycles. The molecule has 1 aliphatic heterocycles. The quantitative estimate of drug-likeness (QED) is 0.790. The topological polar surface area (TPSA) is 66.6 Å². The number of rotatable bonds is 3. The first-order valence-electron chi connectivity index (χ1n) is 8.99. The second-order valence-corrected chi connectivity index (χ2v) is 7.99. The fraction of sp³-hybridized carbons (Fsp3) is 0.579. The summed E-state index contributed by atoms with van der Waals surface area (Å²) in [5.41, 5.74) is 3.50. The molecule has 1 heterocycles. The first kappa shape index (κ1) is 22.1. The number of halogens is 4. The smallest absolute Gasteiger partial charge is 0.337 e. The second kappa shape index (κ2) is 7.69. The van der Waals surface area contributed by atoms with Gasteiger partial charge in [-0.1, -0.05) is 13.8 Å². The molecule has 1 aromatic rings. The number of nitrogens with zero attached hydrogens (tertiary/aromatic N) is 2. The number of carbonyl (C=O) groups is 2. The van der Waals surface area contributed by atoms with Crippen LogP contribution < -0.4 is 5.73 Å². The minimum Gasteiger partial charge on any atom is -0.337 e. The molecule has 0 saturated carbocycles. The largest absolute Gasteiger partial charge is 0.416 e. The van der Waals surface area contributed by atoms with E-state index < -0.39 is 40.6 Å². The van der Waals surface area contributed by atoms with Crippen LogP contribution in [0.1, 0.15) is 43.6 Å². The summed E-state index contributed by atoms with van der Waals surface area (Å²) in [6.07, 6.45) is -4.69. The van der Waals surface area contributed by atoms with Crippen LogP contribution in [-0.2, 0) is 11.0 Å². The van der Waals surface area contributed by atoms with Crippen molar-refractivity contribution >= 4 is 11.8 Å². The van der Waals surface area contributed by atoms with E-state index in [1.54, 1.807) is 18.7 Å². The molecule has 2 rings (SSSR count). The average molecular weight is 403 g/mol. The van der Waals surface area contributed by atoms with Gasteiger partial charge in [-0.3, -0.25) is 9.59 Å². The van der Waals surface area contributed by atoms with Crippen LogP contribution in [0.4, 0.5) is 17.6 Å². The summed E-state index contributed by atoms with van der Waals surface area (Å²) >= 11 is 0. The van der Waals surface area contributed by atoms with Crippen LogP contribution in [-0.4, -0.2) is 52.8 Å². The Balaban J connectivity index is 2.21. The summed E-state index contributed by atoms with van der Waals surface area (Å²) in [7, 11) is 0. The van der Waals surface area contributed by atoms with Crippen molar-refractivity contribution in [2.24, 2.45) is 11.7 Å². The minimum absolute atomic E-state index is 0.0449. The number of amides is 2. The van der Waals surface area contributed by atoms with E-state index in [1.807, 2.05) is 13.8 Å². The Labute approximate surface area is 161 Å². The molecule has 0 spiro atoms. The van der Waals surface area contributed by atoms with Gasteiger partial charge in [-0.05, 0) is 38.0 Å². The van der Waals surface area contributed by atoms with Gasteiger partial charge in [0, 0.05) is 19.6 Å². The number of hydrogen-bond donors (Lipinski definition) is 1. The number of alkyl halides is 3. The van der Waals surface area contributed by atoms with Gasteiger partial charge in [-0.25, -0.2) is 4.39 Å². The fourth-order valence-electron chi connectivity index (χ4n) is 3.23. The van der Waals surface area contributed by atoms with E-state index >= 15 is 0 Å². The van der Waals surface area contributed by atoms with Crippen molar-refractivity contribution in [3.8, 4) is 0 Å². The van der Waals surface area contributed by atoms with E-state index in [1.165, 1.54) is 4.90 Å². The maximum absolute atomic E-state index is 14.2. The molecule has 0 radical (unpaired) electrons. The SMILES string of the molecule is CC(C)[C@H](N)C(=O)N1CCN(C(=O)c2ccc(C(F)(F)F)cc2F)C(C)(C)C1. The molecule has 1 atom stereocenters. The van der Waals surface area contributed by atoms with Crippen molar-refractivity contribution in [2.75, 3.05) is 19.6 Å². The van der Waals surface area contributed by atoms with Crippen molar-refractivity contribution in [3.05, 3.63) is 35.1 Å². The zero-order chi connectivity index (χ0) is 21.4. The highest BCUT2D eigenvalue weighted by Crippen LogP contribution is 2.31. The molecule has 5 nitrogen and oxygen atoms in total. The Morgan fingerprint density at radius 3 is 2.25 bits per heavy atom. The number of piperazine rings is 1. The number of carbonyl (C=O) groups excluding carboxylic acids is 2. The lowest BCUT2D eigenvalue weighted by molar-refractivity contribution is -0.138. The molecular weight excluding hydrogens is 378 g/mol. The Hall–Kier alpha value is -2.16. The molecule has 9 heteroatoms. The van der Waals surface area contributed by atoms with Crippen LogP contribution in [0.5, 0.6) is 0 Å². The standard InChI is InChI=1S/C19H25F4N3O2/c1-11(2)15(24)17(28)25-7-8-26(18(3,4)10-25)16(27)13-6-5-12(9-14(13)20)19(21,22)23/h5-6,9,11,15H,7-8,10,24H2,1-4H3/t15-/m0/s1. The van der Waals surface area contributed by atoms with Gasteiger partial charge in [0.1, 0.15) is 5.82 Å². The third kappa shape index (κ3) is 4.45. The average Bonchev–Trinajstić information content (AvgIpc) is 2.58. The van der Waals surface area contributed by atoms with Crippen molar-refractivity contribution in [1.29, 1.82) is 0 Å². The van der Waals surface area contributed by atoms with Gasteiger partial charge >= 0.3 is 6.18 Å². The zero-order valence-electron chi connectivity index (χ0n) is 16.3. The molecule has 1 aliphatic rings. The lowest BCUT2D eigenvalue weighted by Gasteiger charge is -2.47. The molecule has 28 heavy (non-hydrogen) atoms. The highest BCUT2D eigenvalue weighted by Gasteiger charge is 2.41. The molecular formula is C19H25F4N3O2. The summed E-state index contributed by atoms with van der Waals surface area (Å²) in [4.78, 5) is 28.2. The van der Waals surface area contributed by atoms with E-state index in [0.717, 1.165) is 6.07 Å². The van der Waals surface area contributed by atoms with Crippen LogP contribution in [0.3, 0.4) is 0 Å². The predicted molar refractivity (Wildman–Crippen MR) is 95.9 cm³/mol. The highest BCUT2D eigenvalue weighted by molar-refractivity contribution is 5.95. The maximum atomic E-state index is 14.2. The monoisotopic (exact) mass is 403 g/mol. The van der Waals surface area contributed by atoms with Crippen LogP contribution in [0, 0.1) is 11.7 Å². The lowest BCUT2D eigenvalue weighted by Crippen LogP contribution is -2.64. The second-order valence-electron chi connectivity index (χ2n) is 7.99. The maximum Gasteiger partial charge on any atom is 0.416 e. The molecule has 0 aromatic heterocycles. The number of nitrogens with two attached hydrogens (primary N) is 1. The summed E-state index contributed by atoms with van der Waals surface area (Å²) in [5, 5.41) is 0. The van der Waals surface area contributed by atoms with Crippen molar-refractivity contribution in [2.45, 2.75) is 45.5 Å². The Morgan fingerprint density at radius 2 is 1.79 bits per heavy atom. The van der Waals surface area contributed by atoms with Crippen molar-refractivity contribution < 1.29 is 27.2 Å². The summed E-state index contributed by atoms with van der Waals surface area (Å²) in [6, 6.07) is 1.19. The third-order valence-electron chi connectivity index (χ3n) is 4.99. The number of hydrogen-bond acceptors (Lipinski definition) is 3. The number of benzene rings is 1. The minimum atomic E-state index is -4.69. The predicted octanol–water partition coefficient (Wildman–Crippen LogP) is 2.89. The van der Waals surface area contributed by atoms with Gasteiger partial charge in [0.15, 0.2) is 0 Å².